The molecule has 0 saturated heterocycles. The number of rotatable bonds is 0. The Labute approximate surface area is 81.8 Å². The minimum absolute atomic E-state index is 0. The van der Waals surface area contributed by atoms with Gasteiger partial charge < -0.3 is 34.5 Å². The fourth-order valence-corrected chi connectivity index (χ4v) is 0. The second-order valence-corrected chi connectivity index (χ2v) is 2.00. The molecule has 0 unspecified atom stereocenters. The predicted molar refractivity (Wildman–Crippen MR) is 42.0 cm³/mol. The first-order chi connectivity index (χ1) is 3.73. The van der Waals surface area contributed by atoms with Gasteiger partial charge in [-0.25, -0.2) is 4.57 Å². The van der Waals surface area contributed by atoms with Crippen LogP contribution in [0.15, 0.2) is 0 Å². The summed E-state index contributed by atoms with van der Waals surface area (Å²) in [5.41, 5.74) is 8.94. The molecular weight excluding hydrogens is 189 g/mol. The quantitative estimate of drug-likeness (QED) is 0.104. The third-order valence-corrected chi connectivity index (χ3v) is 0. The Bertz CT molecular complexity index is 129. The second-order valence-electron chi connectivity index (χ2n) is 0.969. The molecular formula is CH12MgN3O5P. The van der Waals surface area contributed by atoms with Gasteiger partial charge in [0.15, 0.2) is 5.96 Å². The molecule has 0 aromatic heterocycles. The Balaban J connectivity index is -0.0000000146. The van der Waals surface area contributed by atoms with Gasteiger partial charge in [-0.15, -0.1) is 0 Å². The van der Waals surface area contributed by atoms with Gasteiger partial charge in [0.1, 0.15) is 0 Å². The van der Waals surface area contributed by atoms with Crippen molar-refractivity contribution in [3.63, 3.8) is 0 Å². The van der Waals surface area contributed by atoms with Crippen LogP contribution in [-0.2, 0) is 4.57 Å². The molecule has 0 aromatic rings. The van der Waals surface area contributed by atoms with Crippen molar-refractivity contribution in [3.8, 4) is 0 Å². The van der Waals surface area contributed by atoms with E-state index in [2.05, 4.69) is 11.5 Å². The normalized spacial score (nSPS) is 7.55. The molecule has 0 amide bonds. The van der Waals surface area contributed by atoms with E-state index < -0.39 is 7.82 Å². The zero-order valence-corrected chi connectivity index (χ0v) is 7.87. The van der Waals surface area contributed by atoms with Gasteiger partial charge in [0, 0.05) is 0 Å². The van der Waals surface area contributed by atoms with Gasteiger partial charge in [-0.05, 0) is 0 Å². The van der Waals surface area contributed by atoms with Crippen molar-refractivity contribution in [2.24, 2.45) is 11.5 Å². The van der Waals surface area contributed by atoms with Crippen LogP contribution in [0.2, 0.25) is 0 Å². The predicted octanol–water partition coefficient (Wildman–Crippen LogP) is -3.07. The van der Waals surface area contributed by atoms with Crippen LogP contribution in [0.4, 0.5) is 0 Å². The molecule has 0 saturated carbocycles. The number of phosphoric acid groups is 1. The van der Waals surface area contributed by atoms with E-state index in [0.29, 0.717) is 0 Å². The number of hydrogen-bond acceptors (Lipinski definition) is 2. The average molecular weight is 201 g/mol. The molecule has 0 aliphatic carbocycles. The van der Waals surface area contributed by atoms with Gasteiger partial charge in [0.25, 0.3) is 0 Å². The molecule has 0 rings (SSSR count). The maximum atomic E-state index is 8.88. The van der Waals surface area contributed by atoms with Crippen LogP contribution in [0.5, 0.6) is 0 Å². The minimum Gasteiger partial charge on any atom is -1.00 e. The second kappa shape index (κ2) is 10.1. The van der Waals surface area contributed by atoms with E-state index >= 15 is 0 Å². The third-order valence-electron chi connectivity index (χ3n) is 0. The van der Waals surface area contributed by atoms with Gasteiger partial charge >= 0.3 is 30.9 Å². The first-order valence-corrected chi connectivity index (χ1v) is 3.18. The standard InChI is InChI=1S/CH5N3.Mg.H3O4P.H2O.2H/c2-1(3)4;;1-5(2,3)4;;;/h(H5,2,3,4);;(H3,1,2,3,4);1H2;;/q;+2;;;2*-1. The van der Waals surface area contributed by atoms with E-state index in [9.17, 15) is 0 Å². The zero-order valence-electron chi connectivity index (χ0n) is 7.56. The van der Waals surface area contributed by atoms with E-state index in [1.807, 2.05) is 0 Å². The Morgan fingerprint density at radius 1 is 1.36 bits per heavy atom. The Morgan fingerprint density at radius 3 is 1.36 bits per heavy atom. The number of guanidine groups is 1. The van der Waals surface area contributed by atoms with Crippen molar-refractivity contribution in [2.75, 3.05) is 0 Å². The molecule has 0 aliphatic rings. The van der Waals surface area contributed by atoms with E-state index in [-0.39, 0.29) is 37.3 Å². The van der Waals surface area contributed by atoms with Crippen molar-refractivity contribution >= 4 is 36.8 Å². The average Bonchev–Trinajstić information content (AvgIpc) is 1.19. The van der Waals surface area contributed by atoms with Crippen molar-refractivity contribution in [1.29, 1.82) is 5.41 Å². The Hall–Kier alpha value is 0.106. The van der Waals surface area contributed by atoms with Gasteiger partial charge in [-0.1, -0.05) is 0 Å². The van der Waals surface area contributed by atoms with Crippen LogP contribution in [0, 0.1) is 5.41 Å². The summed E-state index contributed by atoms with van der Waals surface area (Å²) >= 11 is 0. The Kier molecular flexibility index (Phi) is 20.6. The van der Waals surface area contributed by atoms with Crippen molar-refractivity contribution < 1.29 is 27.6 Å². The molecule has 0 fully saturated rings. The number of nitrogens with one attached hydrogen (secondary N) is 1. The summed E-state index contributed by atoms with van der Waals surface area (Å²) < 4.78 is 8.88. The summed E-state index contributed by atoms with van der Waals surface area (Å²) in [6.45, 7) is 0. The summed E-state index contributed by atoms with van der Waals surface area (Å²) in [6.07, 6.45) is 0. The SMILES string of the molecule is N=C(N)N.O.O=P(O)(O)O.[H-].[H-].[Mg+2]. The molecule has 0 radical (unpaired) electrons. The first kappa shape index (κ1) is 22.5. The number of nitrogens with two attached hydrogens (primary N) is 2. The van der Waals surface area contributed by atoms with Crippen LogP contribution in [0.3, 0.4) is 0 Å². The number of hydrogen-bond donors (Lipinski definition) is 6. The molecule has 0 aromatic carbocycles. The fraction of sp³-hybridized carbons (Fsp3) is 0. The van der Waals surface area contributed by atoms with E-state index in [4.69, 9.17) is 24.7 Å². The topological polar surface area (TPSA) is 185 Å². The molecule has 0 aliphatic heterocycles. The van der Waals surface area contributed by atoms with Crippen molar-refractivity contribution in [3.05, 3.63) is 0 Å². The van der Waals surface area contributed by atoms with Crippen LogP contribution in [0.1, 0.15) is 2.85 Å². The van der Waals surface area contributed by atoms with Crippen LogP contribution in [0.25, 0.3) is 0 Å². The van der Waals surface area contributed by atoms with Crippen LogP contribution < -0.4 is 11.5 Å². The molecule has 0 bridgehead atoms. The summed E-state index contributed by atoms with van der Waals surface area (Å²) in [5, 5.41) is 6.06. The maximum absolute atomic E-state index is 8.88. The molecule has 8 nitrogen and oxygen atoms in total. The molecule has 0 heterocycles. The van der Waals surface area contributed by atoms with E-state index in [1.54, 1.807) is 0 Å². The monoisotopic (exact) mass is 201 g/mol. The van der Waals surface area contributed by atoms with E-state index in [1.165, 1.54) is 0 Å². The zero-order chi connectivity index (χ0) is 8.08. The summed E-state index contributed by atoms with van der Waals surface area (Å²) in [4.78, 5) is 21.6. The smallest absolute Gasteiger partial charge is 1.00 e. The largest absolute Gasteiger partial charge is 2.00 e. The molecule has 11 heavy (non-hydrogen) atoms. The van der Waals surface area contributed by atoms with Gasteiger partial charge in [0.05, 0.1) is 0 Å². The molecule has 68 valence electrons. The summed E-state index contributed by atoms with van der Waals surface area (Å²) in [6, 6.07) is 0. The van der Waals surface area contributed by atoms with Crippen molar-refractivity contribution in [2.45, 2.75) is 0 Å². The van der Waals surface area contributed by atoms with E-state index in [0.717, 1.165) is 0 Å². The van der Waals surface area contributed by atoms with Crippen LogP contribution in [-0.4, -0.2) is 49.2 Å². The Morgan fingerprint density at radius 2 is 1.36 bits per heavy atom. The summed E-state index contributed by atoms with van der Waals surface area (Å²) in [5.74, 6) is -0.333. The van der Waals surface area contributed by atoms with Gasteiger partial charge in [0.2, 0.25) is 0 Å². The maximum Gasteiger partial charge on any atom is 2.00 e. The molecule has 0 spiro atoms. The minimum atomic E-state index is -4.64. The van der Waals surface area contributed by atoms with Crippen molar-refractivity contribution in [1.82, 2.24) is 0 Å². The fourth-order valence-electron chi connectivity index (χ4n) is 0. The van der Waals surface area contributed by atoms with Gasteiger partial charge in [-0.2, -0.15) is 0 Å². The summed E-state index contributed by atoms with van der Waals surface area (Å²) in [7, 11) is -4.64. The molecule has 0 atom stereocenters. The third kappa shape index (κ3) is 58800. The molecule has 10 N–H and O–H groups in total. The van der Waals surface area contributed by atoms with Crippen LogP contribution >= 0.6 is 7.82 Å². The molecule has 10 heteroatoms. The first-order valence-electron chi connectivity index (χ1n) is 1.61. The van der Waals surface area contributed by atoms with Gasteiger partial charge in [-0.3, -0.25) is 5.41 Å².